The van der Waals surface area contributed by atoms with Crippen LogP contribution in [-0.2, 0) is 0 Å². The predicted molar refractivity (Wildman–Crippen MR) is 104 cm³/mol. The second kappa shape index (κ2) is 6.66. The Labute approximate surface area is 160 Å². The van der Waals surface area contributed by atoms with Crippen LogP contribution in [0.1, 0.15) is 15.4 Å². The number of rotatable bonds is 2. The van der Waals surface area contributed by atoms with Crippen molar-refractivity contribution in [2.75, 3.05) is 29.9 Å². The molecule has 0 unspecified atom stereocenters. The van der Waals surface area contributed by atoms with Gasteiger partial charge in [-0.15, -0.1) is 11.3 Å². The molecule has 8 heteroatoms. The molecule has 3 aromatic rings. The minimum Gasteiger partial charge on any atom is -0.371 e. The van der Waals surface area contributed by atoms with Crippen LogP contribution in [0.4, 0.5) is 11.4 Å². The minimum absolute atomic E-state index is 0.0706. The first-order chi connectivity index (χ1) is 12.5. The van der Waals surface area contributed by atoms with Gasteiger partial charge < -0.3 is 9.80 Å². The van der Waals surface area contributed by atoms with Crippen molar-refractivity contribution in [3.8, 4) is 10.8 Å². The van der Waals surface area contributed by atoms with Crippen molar-refractivity contribution in [2.24, 2.45) is 0 Å². The number of thiazole rings is 1. The number of hydrogen-bond donors (Lipinski definition) is 0. The fraction of sp³-hybridized carbons (Fsp3) is 0.222. The molecule has 0 spiro atoms. The number of aryl methyl sites for hydroxylation is 1. The molecule has 4 rings (SSSR count). The fourth-order valence-corrected chi connectivity index (χ4v) is 4.09. The van der Waals surface area contributed by atoms with E-state index in [1.54, 1.807) is 23.4 Å². The zero-order chi connectivity index (χ0) is 18.3. The van der Waals surface area contributed by atoms with Crippen LogP contribution in [0.25, 0.3) is 10.8 Å². The highest BCUT2D eigenvalue weighted by Gasteiger charge is 2.29. The lowest BCUT2D eigenvalue weighted by molar-refractivity contribution is 0.0990. The van der Waals surface area contributed by atoms with E-state index in [0.717, 1.165) is 17.9 Å². The van der Waals surface area contributed by atoms with Crippen molar-refractivity contribution in [1.29, 1.82) is 0 Å². The maximum Gasteiger partial charge on any atom is 0.270 e. The van der Waals surface area contributed by atoms with Gasteiger partial charge in [-0.05, 0) is 31.2 Å². The molecule has 1 aromatic carbocycles. The average Bonchev–Trinajstić information content (AvgIpc) is 3.04. The molecule has 0 atom stereocenters. The molecular weight excluding hydrogens is 370 g/mol. The Morgan fingerprint density at radius 2 is 1.96 bits per heavy atom. The number of amides is 1. The van der Waals surface area contributed by atoms with Gasteiger partial charge in [0.2, 0.25) is 0 Å². The van der Waals surface area contributed by atoms with E-state index < -0.39 is 0 Å². The first kappa shape index (κ1) is 16.9. The van der Waals surface area contributed by atoms with Crippen molar-refractivity contribution in [1.82, 2.24) is 15.0 Å². The lowest BCUT2D eigenvalue weighted by atomic mass is 10.1. The summed E-state index contributed by atoms with van der Waals surface area (Å²) < 4.78 is 0. The van der Waals surface area contributed by atoms with Crippen LogP contribution >= 0.6 is 22.9 Å². The summed E-state index contributed by atoms with van der Waals surface area (Å²) in [5.41, 5.74) is 2.49. The van der Waals surface area contributed by atoms with E-state index in [1.165, 1.54) is 11.3 Å². The number of anilines is 2. The van der Waals surface area contributed by atoms with Gasteiger partial charge in [0.1, 0.15) is 4.88 Å². The quantitative estimate of drug-likeness (QED) is 0.673. The topological polar surface area (TPSA) is 62.2 Å². The van der Waals surface area contributed by atoms with Crippen LogP contribution in [0, 0.1) is 6.92 Å². The number of carbonyl (C=O) groups is 1. The van der Waals surface area contributed by atoms with Gasteiger partial charge in [-0.1, -0.05) is 11.6 Å². The number of carbonyl (C=O) groups excluding carboxylic acids is 1. The van der Waals surface area contributed by atoms with Crippen molar-refractivity contribution in [3.63, 3.8) is 0 Å². The summed E-state index contributed by atoms with van der Waals surface area (Å²) in [5, 5.41) is 1.25. The number of likely N-dealkylation sites (N-methyl/N-ethyl adjacent to an activating group) is 1. The van der Waals surface area contributed by atoms with Crippen LogP contribution < -0.4 is 9.80 Å². The summed E-state index contributed by atoms with van der Waals surface area (Å²) >= 11 is 7.49. The molecule has 0 radical (unpaired) electrons. The van der Waals surface area contributed by atoms with Gasteiger partial charge in [0.15, 0.2) is 10.8 Å². The van der Waals surface area contributed by atoms with Gasteiger partial charge in [-0.3, -0.25) is 4.79 Å². The van der Waals surface area contributed by atoms with Crippen LogP contribution in [0.3, 0.4) is 0 Å². The summed E-state index contributed by atoms with van der Waals surface area (Å²) in [6.07, 6.45) is 3.33. The Morgan fingerprint density at radius 3 is 2.73 bits per heavy atom. The third-order valence-electron chi connectivity index (χ3n) is 4.29. The second-order valence-corrected chi connectivity index (χ2v) is 7.45. The molecule has 0 saturated carbocycles. The molecule has 2 aromatic heterocycles. The summed E-state index contributed by atoms with van der Waals surface area (Å²) in [7, 11) is 2.01. The Kier molecular flexibility index (Phi) is 4.34. The molecule has 6 nitrogen and oxygen atoms in total. The third kappa shape index (κ3) is 2.93. The molecular formula is C18H16ClN5OS. The van der Waals surface area contributed by atoms with Crippen LogP contribution in [0.2, 0.25) is 5.02 Å². The molecule has 0 fully saturated rings. The monoisotopic (exact) mass is 385 g/mol. The van der Waals surface area contributed by atoms with E-state index in [-0.39, 0.29) is 5.91 Å². The van der Waals surface area contributed by atoms with E-state index in [9.17, 15) is 4.79 Å². The predicted octanol–water partition coefficient (Wildman–Crippen LogP) is 3.66. The van der Waals surface area contributed by atoms with E-state index in [1.807, 2.05) is 32.2 Å². The van der Waals surface area contributed by atoms with Gasteiger partial charge in [0, 0.05) is 37.6 Å². The van der Waals surface area contributed by atoms with Crippen LogP contribution in [0.15, 0.2) is 36.7 Å². The maximum absolute atomic E-state index is 13.2. The van der Waals surface area contributed by atoms with Crippen molar-refractivity contribution < 1.29 is 4.79 Å². The third-order valence-corrected chi connectivity index (χ3v) is 5.67. The van der Waals surface area contributed by atoms with Crippen molar-refractivity contribution >= 4 is 40.2 Å². The second-order valence-electron chi connectivity index (χ2n) is 6.02. The lowest BCUT2D eigenvalue weighted by Crippen LogP contribution is -2.42. The highest BCUT2D eigenvalue weighted by Crippen LogP contribution is 2.36. The molecule has 26 heavy (non-hydrogen) atoms. The first-order valence-electron chi connectivity index (χ1n) is 8.12. The summed E-state index contributed by atoms with van der Waals surface area (Å²) in [5.74, 6) is 0.459. The van der Waals surface area contributed by atoms with E-state index in [4.69, 9.17) is 11.6 Å². The fourth-order valence-electron chi connectivity index (χ4n) is 2.96. The number of aromatic nitrogens is 3. The molecule has 1 aliphatic heterocycles. The molecule has 0 aliphatic carbocycles. The molecule has 0 bridgehead atoms. The summed E-state index contributed by atoms with van der Waals surface area (Å²) in [6.45, 7) is 3.19. The van der Waals surface area contributed by atoms with Crippen molar-refractivity contribution in [2.45, 2.75) is 6.92 Å². The van der Waals surface area contributed by atoms with E-state index in [0.29, 0.717) is 33.0 Å². The number of halogens is 1. The lowest BCUT2D eigenvalue weighted by Gasteiger charge is -2.35. The number of nitrogens with zero attached hydrogens (tertiary/aromatic N) is 5. The highest BCUT2D eigenvalue weighted by atomic mass is 35.5. The van der Waals surface area contributed by atoms with Gasteiger partial charge in [0.25, 0.3) is 5.91 Å². The van der Waals surface area contributed by atoms with E-state index in [2.05, 4.69) is 19.9 Å². The zero-order valence-corrected chi connectivity index (χ0v) is 15.9. The molecule has 0 saturated heterocycles. The molecule has 132 valence electrons. The number of hydrogen-bond acceptors (Lipinski definition) is 6. The number of benzene rings is 1. The summed E-state index contributed by atoms with van der Waals surface area (Å²) in [4.78, 5) is 30.7. The highest BCUT2D eigenvalue weighted by molar-refractivity contribution is 7.17. The summed E-state index contributed by atoms with van der Waals surface area (Å²) in [6, 6.07) is 7.37. The van der Waals surface area contributed by atoms with Crippen LogP contribution in [-0.4, -0.2) is 41.0 Å². The normalized spacial score (nSPS) is 13.7. The van der Waals surface area contributed by atoms with E-state index >= 15 is 0 Å². The van der Waals surface area contributed by atoms with Gasteiger partial charge in [-0.25, -0.2) is 15.0 Å². The van der Waals surface area contributed by atoms with Gasteiger partial charge in [-0.2, -0.15) is 0 Å². The zero-order valence-electron chi connectivity index (χ0n) is 14.3. The molecule has 1 aliphatic rings. The molecule has 0 N–H and O–H groups in total. The average molecular weight is 386 g/mol. The van der Waals surface area contributed by atoms with Crippen molar-refractivity contribution in [3.05, 3.63) is 52.3 Å². The Bertz CT molecular complexity index is 975. The SMILES string of the molecule is Cc1nc(-c2ncccn2)sc1C(=O)N1CCN(C)c2ccc(Cl)cc21. The maximum atomic E-state index is 13.2. The Hall–Kier alpha value is -2.51. The largest absolute Gasteiger partial charge is 0.371 e. The molecule has 1 amide bonds. The minimum atomic E-state index is -0.0706. The Morgan fingerprint density at radius 1 is 1.19 bits per heavy atom. The van der Waals surface area contributed by atoms with Crippen LogP contribution in [0.5, 0.6) is 0 Å². The van der Waals surface area contributed by atoms with Gasteiger partial charge in [0.05, 0.1) is 17.1 Å². The van der Waals surface area contributed by atoms with Gasteiger partial charge >= 0.3 is 0 Å². The molecule has 3 heterocycles. The Balaban J connectivity index is 1.72. The first-order valence-corrected chi connectivity index (χ1v) is 9.31. The standard InChI is InChI=1S/C18H16ClN5OS/c1-11-15(26-17(22-11)16-20-6-3-7-21-16)18(25)24-9-8-23(2)13-5-4-12(19)10-14(13)24/h3-7,10H,8-9H2,1-2H3. The number of fused-ring (bicyclic) bond motifs is 1. The smallest absolute Gasteiger partial charge is 0.270 e.